The Morgan fingerprint density at radius 2 is 1.68 bits per heavy atom. The van der Waals surface area contributed by atoms with Gasteiger partial charge in [0.1, 0.15) is 5.82 Å². The van der Waals surface area contributed by atoms with Crippen molar-refractivity contribution in [1.29, 1.82) is 0 Å². The highest BCUT2D eigenvalue weighted by atomic mass is 32.2. The number of aromatic nitrogens is 2. The molecule has 0 aliphatic rings. The Balaban J connectivity index is 1.47. The van der Waals surface area contributed by atoms with Crippen molar-refractivity contribution in [3.8, 4) is 0 Å². The van der Waals surface area contributed by atoms with Crippen LogP contribution < -0.4 is 5.32 Å². The number of carbonyl (C=O) groups is 1. The molecule has 0 saturated carbocycles. The highest BCUT2D eigenvalue weighted by Crippen LogP contribution is 2.35. The summed E-state index contributed by atoms with van der Waals surface area (Å²) >= 11 is 2.90. The van der Waals surface area contributed by atoms with E-state index in [1.165, 1.54) is 23.5 Å². The normalized spacial score (nSPS) is 11.9. The van der Waals surface area contributed by atoms with Gasteiger partial charge in [0.15, 0.2) is 15.0 Å². The Morgan fingerprint density at radius 3 is 2.39 bits per heavy atom. The van der Waals surface area contributed by atoms with Gasteiger partial charge in [-0.25, -0.2) is 22.8 Å². The second kappa shape index (κ2) is 7.19. The molecule has 0 unspecified atom stereocenters. The number of carbonyl (C=O) groups excluding carboxylic acids is 1. The Bertz CT molecular complexity index is 1290. The van der Waals surface area contributed by atoms with Crippen molar-refractivity contribution in [2.24, 2.45) is 0 Å². The first-order valence-electron chi connectivity index (χ1n) is 8.27. The first-order chi connectivity index (χ1) is 13.3. The lowest BCUT2D eigenvalue weighted by molar-refractivity contribution is -0.115. The fourth-order valence-electron chi connectivity index (χ4n) is 2.71. The predicted octanol–water partition coefficient (Wildman–Crippen LogP) is 4.16. The fourth-order valence-corrected chi connectivity index (χ4v) is 5.97. The number of aryl methyl sites for hydroxylation is 1. The number of fused-ring (bicyclic) bond motifs is 3. The summed E-state index contributed by atoms with van der Waals surface area (Å²) in [5, 5.41) is 4.03. The number of sulfone groups is 1. The highest BCUT2D eigenvalue weighted by molar-refractivity contribution is 7.91. The number of nitrogens with zero attached hydrogens (tertiary/aromatic N) is 2. The van der Waals surface area contributed by atoms with Crippen LogP contribution in [0.2, 0.25) is 0 Å². The molecule has 2 aromatic heterocycles. The third-order valence-corrected chi connectivity index (χ3v) is 7.91. The van der Waals surface area contributed by atoms with Crippen molar-refractivity contribution < 1.29 is 17.6 Å². The lowest BCUT2D eigenvalue weighted by atomic mass is 10.3. The number of benzene rings is 2. The van der Waals surface area contributed by atoms with Crippen LogP contribution >= 0.6 is 22.7 Å². The molecule has 0 atom stereocenters. The van der Waals surface area contributed by atoms with Crippen molar-refractivity contribution in [1.82, 2.24) is 9.97 Å². The average Bonchev–Trinajstić information content (AvgIpc) is 3.22. The molecule has 0 fully saturated rings. The summed E-state index contributed by atoms with van der Waals surface area (Å²) in [6.07, 6.45) is -0.218. The van der Waals surface area contributed by atoms with E-state index in [-0.39, 0.29) is 17.1 Å². The van der Waals surface area contributed by atoms with Gasteiger partial charge in [-0.05, 0) is 43.3 Å². The van der Waals surface area contributed by atoms with E-state index in [9.17, 15) is 17.6 Å². The number of hydrogen-bond donors (Lipinski definition) is 1. The van der Waals surface area contributed by atoms with Gasteiger partial charge in [-0.2, -0.15) is 0 Å². The second-order valence-electron chi connectivity index (χ2n) is 6.08. The van der Waals surface area contributed by atoms with Crippen LogP contribution in [0.25, 0.3) is 20.4 Å². The van der Waals surface area contributed by atoms with E-state index in [0.717, 1.165) is 37.6 Å². The van der Waals surface area contributed by atoms with Gasteiger partial charge in [0.05, 0.1) is 36.1 Å². The van der Waals surface area contributed by atoms with Crippen LogP contribution in [0.5, 0.6) is 0 Å². The first kappa shape index (κ1) is 18.9. The molecule has 0 spiro atoms. The molecule has 1 amide bonds. The molecule has 1 N–H and O–H groups in total. The molecule has 28 heavy (non-hydrogen) atoms. The van der Waals surface area contributed by atoms with Crippen LogP contribution in [0.15, 0.2) is 41.3 Å². The zero-order chi connectivity index (χ0) is 19.9. The Hall–Kier alpha value is -2.43. The van der Waals surface area contributed by atoms with E-state index in [1.807, 2.05) is 19.1 Å². The minimum Gasteiger partial charge on any atom is -0.302 e. The third-order valence-electron chi connectivity index (χ3n) is 4.04. The van der Waals surface area contributed by atoms with Crippen molar-refractivity contribution in [3.05, 3.63) is 47.2 Å². The number of amides is 1. The van der Waals surface area contributed by atoms with Crippen molar-refractivity contribution >= 4 is 64.0 Å². The van der Waals surface area contributed by atoms with E-state index in [4.69, 9.17) is 0 Å². The molecule has 0 radical (unpaired) electrons. The van der Waals surface area contributed by atoms with E-state index >= 15 is 0 Å². The summed E-state index contributed by atoms with van der Waals surface area (Å²) in [4.78, 5) is 21.0. The van der Waals surface area contributed by atoms with E-state index in [2.05, 4.69) is 15.3 Å². The van der Waals surface area contributed by atoms with Gasteiger partial charge in [-0.3, -0.25) is 4.79 Å². The number of thiazole rings is 2. The number of rotatable bonds is 5. The van der Waals surface area contributed by atoms with Gasteiger partial charge in [-0.1, -0.05) is 11.3 Å². The molecule has 0 saturated heterocycles. The van der Waals surface area contributed by atoms with E-state index in [0.29, 0.717) is 5.13 Å². The summed E-state index contributed by atoms with van der Waals surface area (Å²) in [6, 6.07) is 8.28. The zero-order valence-electron chi connectivity index (χ0n) is 14.6. The molecule has 144 valence electrons. The van der Waals surface area contributed by atoms with Gasteiger partial charge in [0, 0.05) is 6.42 Å². The van der Waals surface area contributed by atoms with E-state index < -0.39 is 21.6 Å². The Morgan fingerprint density at radius 1 is 1.04 bits per heavy atom. The van der Waals surface area contributed by atoms with Crippen LogP contribution in [0.1, 0.15) is 11.4 Å². The summed E-state index contributed by atoms with van der Waals surface area (Å²) in [5.74, 6) is -1.33. The van der Waals surface area contributed by atoms with Gasteiger partial charge in [-0.15, -0.1) is 11.3 Å². The maximum Gasteiger partial charge on any atom is 0.227 e. The lowest BCUT2D eigenvalue weighted by Crippen LogP contribution is -2.17. The van der Waals surface area contributed by atoms with Crippen LogP contribution in [0.4, 0.5) is 9.52 Å². The molecule has 4 aromatic rings. The summed E-state index contributed by atoms with van der Waals surface area (Å²) < 4.78 is 39.5. The maximum atomic E-state index is 12.9. The highest BCUT2D eigenvalue weighted by Gasteiger charge is 2.18. The minimum absolute atomic E-state index is 0.00959. The molecule has 0 aliphatic heterocycles. The molecule has 0 aliphatic carbocycles. The third kappa shape index (κ3) is 3.75. The topological polar surface area (TPSA) is 89.0 Å². The minimum atomic E-state index is -3.67. The smallest absolute Gasteiger partial charge is 0.227 e. The maximum absolute atomic E-state index is 12.9. The summed E-state index contributed by atoms with van der Waals surface area (Å²) in [5.41, 5.74) is 1.65. The first-order valence-corrected chi connectivity index (χ1v) is 11.6. The fraction of sp³-hybridized carbons (Fsp3) is 0.167. The van der Waals surface area contributed by atoms with Crippen LogP contribution in [-0.2, 0) is 14.6 Å². The predicted molar refractivity (Wildman–Crippen MR) is 109 cm³/mol. The van der Waals surface area contributed by atoms with Crippen LogP contribution in [-0.4, -0.2) is 30.0 Å². The number of hydrogen-bond acceptors (Lipinski definition) is 7. The largest absolute Gasteiger partial charge is 0.302 e. The molecule has 2 heterocycles. The number of anilines is 1. The van der Waals surface area contributed by atoms with Crippen molar-refractivity contribution in [2.75, 3.05) is 11.1 Å². The van der Waals surface area contributed by atoms with Gasteiger partial charge in [0.25, 0.3) is 0 Å². The van der Waals surface area contributed by atoms with Gasteiger partial charge >= 0.3 is 0 Å². The Kier molecular flexibility index (Phi) is 4.86. The molecule has 0 bridgehead atoms. The molecular formula is C18H14FN3O3S3. The van der Waals surface area contributed by atoms with Crippen molar-refractivity contribution in [2.45, 2.75) is 18.2 Å². The average molecular weight is 436 g/mol. The number of nitrogens with one attached hydrogen (secondary N) is 1. The standard InChI is InChI=1S/C18H14FN3O3S3/c1-10-20-13-6-7-14-17(16(13)26-10)27-18(21-14)22-15(23)8-9-28(24,25)12-4-2-11(19)3-5-12/h2-7H,8-9H2,1H3,(H,21,22,23). The lowest BCUT2D eigenvalue weighted by Gasteiger charge is -2.04. The quantitative estimate of drug-likeness (QED) is 0.476. The van der Waals surface area contributed by atoms with Crippen LogP contribution in [0, 0.1) is 12.7 Å². The SMILES string of the molecule is Cc1nc2ccc3nc(NC(=O)CCS(=O)(=O)c4ccc(F)cc4)sc3c2s1. The van der Waals surface area contributed by atoms with Crippen molar-refractivity contribution in [3.63, 3.8) is 0 Å². The number of halogens is 1. The Labute approximate surface area is 168 Å². The summed E-state index contributed by atoms with van der Waals surface area (Å²) in [7, 11) is -3.67. The monoisotopic (exact) mass is 435 g/mol. The molecular weight excluding hydrogens is 421 g/mol. The van der Waals surface area contributed by atoms with Gasteiger partial charge < -0.3 is 5.32 Å². The van der Waals surface area contributed by atoms with Crippen LogP contribution in [0.3, 0.4) is 0 Å². The molecule has 6 nitrogen and oxygen atoms in total. The molecule has 10 heteroatoms. The summed E-state index contributed by atoms with van der Waals surface area (Å²) in [6.45, 7) is 1.93. The zero-order valence-corrected chi connectivity index (χ0v) is 17.0. The molecule has 4 rings (SSSR count). The molecule has 2 aromatic carbocycles. The van der Waals surface area contributed by atoms with E-state index in [1.54, 1.807) is 11.3 Å². The second-order valence-corrected chi connectivity index (χ2v) is 10.4. The van der Waals surface area contributed by atoms with Gasteiger partial charge in [0.2, 0.25) is 5.91 Å².